The first-order valence-corrected chi connectivity index (χ1v) is 4.27. The van der Waals surface area contributed by atoms with Gasteiger partial charge in [-0.3, -0.25) is 4.79 Å². The van der Waals surface area contributed by atoms with E-state index in [9.17, 15) is 4.79 Å². The molecular formula is C8H12ClNO. The van der Waals surface area contributed by atoms with E-state index in [1.165, 1.54) is 5.57 Å². The largest absolute Gasteiger partial charge is 0.337 e. The van der Waals surface area contributed by atoms with Crippen LogP contribution in [0.5, 0.6) is 0 Å². The summed E-state index contributed by atoms with van der Waals surface area (Å²) in [6.45, 7) is 3.61. The fourth-order valence-corrected chi connectivity index (χ4v) is 1.38. The molecule has 0 aromatic heterocycles. The molecule has 1 aliphatic rings. The van der Waals surface area contributed by atoms with E-state index in [-0.39, 0.29) is 11.8 Å². The zero-order chi connectivity index (χ0) is 8.27. The smallest absolute Gasteiger partial charge is 0.237 e. The molecule has 1 heterocycles. The summed E-state index contributed by atoms with van der Waals surface area (Å²) in [7, 11) is 0. The van der Waals surface area contributed by atoms with Crippen molar-refractivity contribution in [2.45, 2.75) is 13.3 Å². The highest BCUT2D eigenvalue weighted by Gasteiger charge is 2.14. The molecular weight excluding hydrogens is 162 g/mol. The van der Waals surface area contributed by atoms with Gasteiger partial charge in [0.05, 0.1) is 0 Å². The van der Waals surface area contributed by atoms with Crippen LogP contribution in [0.25, 0.3) is 0 Å². The van der Waals surface area contributed by atoms with Crippen LogP contribution in [0.3, 0.4) is 0 Å². The Morgan fingerprint density at radius 3 is 3.09 bits per heavy atom. The number of hydrogen-bond donors (Lipinski definition) is 0. The minimum Gasteiger partial charge on any atom is -0.337 e. The Balaban J connectivity index is 2.50. The molecule has 0 spiro atoms. The maximum atomic E-state index is 11.1. The predicted molar refractivity (Wildman–Crippen MR) is 45.7 cm³/mol. The molecule has 0 fully saturated rings. The van der Waals surface area contributed by atoms with Gasteiger partial charge in [0.2, 0.25) is 5.91 Å². The maximum absolute atomic E-state index is 11.1. The number of carbonyl (C=O) groups excluding carboxylic acids is 1. The van der Waals surface area contributed by atoms with Crippen LogP contribution in [0.2, 0.25) is 0 Å². The summed E-state index contributed by atoms with van der Waals surface area (Å²) in [5.41, 5.74) is 1.26. The lowest BCUT2D eigenvalue weighted by Crippen LogP contribution is -2.36. The van der Waals surface area contributed by atoms with Crippen molar-refractivity contribution in [1.29, 1.82) is 0 Å². The molecule has 0 bridgehead atoms. The minimum absolute atomic E-state index is 0.0408. The molecule has 0 saturated carbocycles. The Hall–Kier alpha value is -0.500. The van der Waals surface area contributed by atoms with Gasteiger partial charge in [-0.15, -0.1) is 11.6 Å². The van der Waals surface area contributed by atoms with Gasteiger partial charge < -0.3 is 4.90 Å². The van der Waals surface area contributed by atoms with Crippen molar-refractivity contribution in [3.8, 4) is 0 Å². The second-order valence-corrected chi connectivity index (χ2v) is 3.06. The van der Waals surface area contributed by atoms with Crippen molar-refractivity contribution in [2.75, 3.05) is 19.0 Å². The third-order valence-corrected chi connectivity index (χ3v) is 2.03. The molecule has 2 nitrogen and oxygen atoms in total. The van der Waals surface area contributed by atoms with Gasteiger partial charge >= 0.3 is 0 Å². The molecule has 0 aromatic carbocycles. The van der Waals surface area contributed by atoms with E-state index in [1.54, 1.807) is 4.90 Å². The first kappa shape index (κ1) is 8.60. The highest BCUT2D eigenvalue weighted by Crippen LogP contribution is 2.08. The molecule has 0 unspecified atom stereocenters. The van der Waals surface area contributed by atoms with E-state index >= 15 is 0 Å². The predicted octanol–water partition coefficient (Wildman–Crippen LogP) is 1.40. The van der Waals surface area contributed by atoms with Crippen molar-refractivity contribution in [3.05, 3.63) is 11.6 Å². The summed E-state index contributed by atoms with van der Waals surface area (Å²) in [4.78, 5) is 12.9. The van der Waals surface area contributed by atoms with Gasteiger partial charge in [-0.05, 0) is 13.3 Å². The second-order valence-electron chi connectivity index (χ2n) is 2.79. The van der Waals surface area contributed by atoms with E-state index in [1.807, 2.05) is 6.92 Å². The summed E-state index contributed by atoms with van der Waals surface area (Å²) in [6.07, 6.45) is 3.13. The number of rotatable bonds is 1. The molecule has 0 aliphatic carbocycles. The molecule has 0 atom stereocenters. The summed E-state index contributed by atoms with van der Waals surface area (Å²) in [5, 5.41) is 0. The van der Waals surface area contributed by atoms with Crippen molar-refractivity contribution in [2.24, 2.45) is 0 Å². The summed E-state index contributed by atoms with van der Waals surface area (Å²) in [6, 6.07) is 0. The maximum Gasteiger partial charge on any atom is 0.237 e. The van der Waals surface area contributed by atoms with Crippen LogP contribution in [0.15, 0.2) is 11.6 Å². The Morgan fingerprint density at radius 1 is 1.82 bits per heavy atom. The van der Waals surface area contributed by atoms with E-state index < -0.39 is 0 Å². The standard InChI is InChI=1S/C8H12ClNO/c1-7-3-2-4-10(6-7)8(11)5-9/h3H,2,4-6H2,1H3. The quantitative estimate of drug-likeness (QED) is 0.434. The van der Waals surface area contributed by atoms with E-state index in [0.717, 1.165) is 19.5 Å². The van der Waals surface area contributed by atoms with Crippen LogP contribution < -0.4 is 0 Å². The topological polar surface area (TPSA) is 20.3 Å². The van der Waals surface area contributed by atoms with Gasteiger partial charge in [0.1, 0.15) is 5.88 Å². The SMILES string of the molecule is CC1=CCCN(C(=O)CCl)C1. The Kier molecular flexibility index (Phi) is 2.94. The number of amides is 1. The van der Waals surface area contributed by atoms with Crippen molar-refractivity contribution in [1.82, 2.24) is 4.90 Å². The number of carbonyl (C=O) groups is 1. The number of alkyl halides is 1. The molecule has 1 amide bonds. The Bertz CT molecular complexity index is 189. The molecule has 3 heteroatoms. The van der Waals surface area contributed by atoms with E-state index in [2.05, 4.69) is 6.08 Å². The molecule has 62 valence electrons. The normalized spacial score (nSPS) is 18.0. The molecule has 0 N–H and O–H groups in total. The minimum atomic E-state index is 0.0408. The second kappa shape index (κ2) is 3.77. The summed E-state index contributed by atoms with van der Waals surface area (Å²) >= 11 is 5.42. The van der Waals surface area contributed by atoms with Gasteiger partial charge in [0, 0.05) is 13.1 Å². The van der Waals surface area contributed by atoms with Crippen LogP contribution in [-0.4, -0.2) is 29.8 Å². The average Bonchev–Trinajstić information content (AvgIpc) is 2.03. The third kappa shape index (κ3) is 2.22. The van der Waals surface area contributed by atoms with Crippen LogP contribution in [0.1, 0.15) is 13.3 Å². The molecule has 0 radical (unpaired) electrons. The first-order chi connectivity index (χ1) is 5.24. The Labute approximate surface area is 71.8 Å². The van der Waals surface area contributed by atoms with Crippen LogP contribution in [-0.2, 0) is 4.79 Å². The fraction of sp³-hybridized carbons (Fsp3) is 0.625. The van der Waals surface area contributed by atoms with Crippen LogP contribution in [0.4, 0.5) is 0 Å². The number of nitrogens with zero attached hydrogens (tertiary/aromatic N) is 1. The van der Waals surface area contributed by atoms with Crippen molar-refractivity contribution < 1.29 is 4.79 Å². The summed E-state index contributed by atoms with van der Waals surface area (Å²) in [5.74, 6) is 0.145. The van der Waals surface area contributed by atoms with E-state index in [4.69, 9.17) is 11.6 Å². The van der Waals surface area contributed by atoms with Crippen molar-refractivity contribution in [3.63, 3.8) is 0 Å². The number of hydrogen-bond acceptors (Lipinski definition) is 1. The average molecular weight is 174 g/mol. The lowest BCUT2D eigenvalue weighted by atomic mass is 10.1. The third-order valence-electron chi connectivity index (χ3n) is 1.80. The number of halogens is 1. The highest BCUT2D eigenvalue weighted by molar-refractivity contribution is 6.27. The van der Waals surface area contributed by atoms with Gasteiger partial charge in [-0.1, -0.05) is 11.6 Å². The molecule has 1 aliphatic heterocycles. The molecule has 0 saturated heterocycles. The zero-order valence-electron chi connectivity index (χ0n) is 6.64. The van der Waals surface area contributed by atoms with Gasteiger partial charge in [0.25, 0.3) is 0 Å². The van der Waals surface area contributed by atoms with Crippen LogP contribution >= 0.6 is 11.6 Å². The first-order valence-electron chi connectivity index (χ1n) is 3.73. The monoisotopic (exact) mass is 173 g/mol. The van der Waals surface area contributed by atoms with Crippen molar-refractivity contribution >= 4 is 17.5 Å². The van der Waals surface area contributed by atoms with Gasteiger partial charge in [0.15, 0.2) is 0 Å². The fourth-order valence-electron chi connectivity index (χ4n) is 1.21. The molecule has 11 heavy (non-hydrogen) atoms. The molecule has 1 rings (SSSR count). The Morgan fingerprint density at radius 2 is 2.55 bits per heavy atom. The molecule has 0 aromatic rings. The summed E-state index contributed by atoms with van der Waals surface area (Å²) < 4.78 is 0. The van der Waals surface area contributed by atoms with E-state index in [0.29, 0.717) is 0 Å². The zero-order valence-corrected chi connectivity index (χ0v) is 7.40. The van der Waals surface area contributed by atoms with Gasteiger partial charge in [-0.25, -0.2) is 0 Å². The lowest BCUT2D eigenvalue weighted by Gasteiger charge is -2.25. The van der Waals surface area contributed by atoms with Gasteiger partial charge in [-0.2, -0.15) is 0 Å². The highest BCUT2D eigenvalue weighted by atomic mass is 35.5. The lowest BCUT2D eigenvalue weighted by molar-refractivity contribution is -0.128. The van der Waals surface area contributed by atoms with Crippen LogP contribution in [0, 0.1) is 0 Å².